The summed E-state index contributed by atoms with van der Waals surface area (Å²) >= 11 is 0. The zero-order valence-corrected chi connectivity index (χ0v) is 9.95. The molecule has 7 heteroatoms. The number of hydrogen-bond donors (Lipinski definition) is 1. The van der Waals surface area contributed by atoms with E-state index in [-0.39, 0.29) is 12.1 Å². The Balaban J connectivity index is 2.08. The van der Waals surface area contributed by atoms with E-state index in [1.165, 1.54) is 0 Å². The molecule has 1 aromatic heterocycles. The van der Waals surface area contributed by atoms with Crippen LogP contribution in [0.1, 0.15) is 16.1 Å². The van der Waals surface area contributed by atoms with Crippen LogP contribution < -0.4 is 5.32 Å². The first-order valence-corrected chi connectivity index (χ1v) is 5.38. The van der Waals surface area contributed by atoms with E-state index >= 15 is 0 Å². The number of amides is 1. The maximum Gasteiger partial charge on any atom is 0.251 e. The minimum Gasteiger partial charge on any atom is -0.346 e. The van der Waals surface area contributed by atoms with E-state index < -0.39 is 23.4 Å². The molecule has 0 spiro atoms. The quantitative estimate of drug-likeness (QED) is 0.863. The summed E-state index contributed by atoms with van der Waals surface area (Å²) in [6.07, 6.45) is 1.69. The highest BCUT2D eigenvalue weighted by Crippen LogP contribution is 2.13. The Kier molecular flexibility index (Phi) is 3.55. The molecule has 0 aliphatic rings. The Bertz CT molecular complexity index is 601. The van der Waals surface area contributed by atoms with Crippen LogP contribution in [0.5, 0.6) is 0 Å². The second-order valence-electron chi connectivity index (χ2n) is 3.92. The molecule has 1 aromatic carbocycles. The predicted molar refractivity (Wildman–Crippen MR) is 60.7 cm³/mol. The summed E-state index contributed by atoms with van der Waals surface area (Å²) in [6.45, 7) is 0.111. The molecule has 100 valence electrons. The number of rotatable bonds is 3. The van der Waals surface area contributed by atoms with Gasteiger partial charge < -0.3 is 5.32 Å². The molecule has 2 rings (SSSR count). The zero-order chi connectivity index (χ0) is 14.0. The number of benzene rings is 1. The monoisotopic (exact) mass is 269 g/mol. The van der Waals surface area contributed by atoms with Crippen LogP contribution in [-0.2, 0) is 13.6 Å². The highest BCUT2D eigenvalue weighted by Gasteiger charge is 2.15. The maximum atomic E-state index is 13.0. The van der Waals surface area contributed by atoms with Crippen LogP contribution in [0.15, 0.2) is 24.4 Å². The van der Waals surface area contributed by atoms with Crippen molar-refractivity contribution in [1.82, 2.24) is 15.1 Å². The smallest absolute Gasteiger partial charge is 0.251 e. The van der Waals surface area contributed by atoms with Crippen LogP contribution >= 0.6 is 0 Å². The minimum atomic E-state index is -1.60. The summed E-state index contributed by atoms with van der Waals surface area (Å²) in [5, 5.41) is 6.45. The van der Waals surface area contributed by atoms with Gasteiger partial charge in [0, 0.05) is 18.8 Å². The van der Waals surface area contributed by atoms with E-state index in [0.717, 1.165) is 0 Å². The first-order chi connectivity index (χ1) is 8.97. The third kappa shape index (κ3) is 2.93. The van der Waals surface area contributed by atoms with Gasteiger partial charge in [0.2, 0.25) is 0 Å². The van der Waals surface area contributed by atoms with Gasteiger partial charge in [0.1, 0.15) is 0 Å². The number of carbonyl (C=O) groups is 1. The molecule has 0 bridgehead atoms. The fourth-order valence-electron chi connectivity index (χ4n) is 1.52. The second kappa shape index (κ2) is 5.13. The Morgan fingerprint density at radius 3 is 2.47 bits per heavy atom. The summed E-state index contributed by atoms with van der Waals surface area (Å²) in [6, 6.07) is 2.98. The largest absolute Gasteiger partial charge is 0.346 e. The van der Waals surface area contributed by atoms with Crippen molar-refractivity contribution in [2.24, 2.45) is 7.05 Å². The fraction of sp³-hybridized carbons (Fsp3) is 0.167. The van der Waals surface area contributed by atoms with Crippen molar-refractivity contribution < 1.29 is 18.0 Å². The predicted octanol–water partition coefficient (Wildman–Crippen LogP) is 1.77. The molecule has 0 saturated heterocycles. The van der Waals surface area contributed by atoms with Crippen LogP contribution in [0, 0.1) is 17.5 Å². The van der Waals surface area contributed by atoms with E-state index in [1.54, 1.807) is 24.0 Å². The molecular weight excluding hydrogens is 259 g/mol. The van der Waals surface area contributed by atoms with Crippen molar-refractivity contribution in [2.75, 3.05) is 0 Å². The van der Waals surface area contributed by atoms with Gasteiger partial charge in [-0.3, -0.25) is 9.48 Å². The van der Waals surface area contributed by atoms with Crippen LogP contribution in [-0.4, -0.2) is 15.7 Å². The first-order valence-electron chi connectivity index (χ1n) is 5.38. The van der Waals surface area contributed by atoms with Crippen molar-refractivity contribution in [3.8, 4) is 0 Å². The lowest BCUT2D eigenvalue weighted by molar-refractivity contribution is 0.0949. The number of carbonyl (C=O) groups excluding carboxylic acids is 1. The molecule has 1 heterocycles. The summed E-state index contributed by atoms with van der Waals surface area (Å²) in [5.74, 6) is -5.10. The van der Waals surface area contributed by atoms with Crippen molar-refractivity contribution in [3.63, 3.8) is 0 Å². The van der Waals surface area contributed by atoms with Gasteiger partial charge in [0.25, 0.3) is 5.91 Å². The molecule has 1 amide bonds. The van der Waals surface area contributed by atoms with E-state index in [2.05, 4.69) is 10.4 Å². The molecule has 19 heavy (non-hydrogen) atoms. The Morgan fingerprint density at radius 2 is 1.95 bits per heavy atom. The molecule has 0 aliphatic heterocycles. The Labute approximate surface area is 106 Å². The summed E-state index contributed by atoms with van der Waals surface area (Å²) < 4.78 is 40.2. The minimum absolute atomic E-state index is 0.111. The van der Waals surface area contributed by atoms with Gasteiger partial charge in [-0.25, -0.2) is 13.2 Å². The number of nitrogens with one attached hydrogen (secondary N) is 1. The Morgan fingerprint density at radius 1 is 1.32 bits per heavy atom. The molecule has 0 saturated carbocycles. The molecule has 0 radical (unpaired) electrons. The lowest BCUT2D eigenvalue weighted by atomic mass is 10.2. The SMILES string of the molecule is Cn1ccc(CNC(=O)c2cc(F)c(F)c(F)c2)n1. The van der Waals surface area contributed by atoms with E-state index in [4.69, 9.17) is 0 Å². The number of aromatic nitrogens is 2. The van der Waals surface area contributed by atoms with Gasteiger partial charge in [-0.15, -0.1) is 0 Å². The zero-order valence-electron chi connectivity index (χ0n) is 9.95. The average Bonchev–Trinajstić information content (AvgIpc) is 2.78. The number of nitrogens with zero attached hydrogens (tertiary/aromatic N) is 2. The molecular formula is C12H10F3N3O. The highest BCUT2D eigenvalue weighted by atomic mass is 19.2. The van der Waals surface area contributed by atoms with Crippen LogP contribution in [0.2, 0.25) is 0 Å². The van der Waals surface area contributed by atoms with Gasteiger partial charge >= 0.3 is 0 Å². The standard InChI is InChI=1S/C12H10F3N3O/c1-18-3-2-8(17-18)6-16-12(19)7-4-9(13)11(15)10(14)5-7/h2-5H,6H2,1H3,(H,16,19). The fourth-order valence-corrected chi connectivity index (χ4v) is 1.52. The number of halogens is 3. The topological polar surface area (TPSA) is 46.9 Å². The molecule has 0 aliphatic carbocycles. The summed E-state index contributed by atoms with van der Waals surface area (Å²) in [4.78, 5) is 11.6. The van der Waals surface area contributed by atoms with Gasteiger partial charge in [-0.1, -0.05) is 0 Å². The molecule has 0 unspecified atom stereocenters. The van der Waals surface area contributed by atoms with Gasteiger partial charge in [0.15, 0.2) is 17.5 Å². The second-order valence-corrected chi connectivity index (χ2v) is 3.92. The molecule has 0 atom stereocenters. The van der Waals surface area contributed by atoms with Gasteiger partial charge in [-0.05, 0) is 18.2 Å². The van der Waals surface area contributed by atoms with E-state index in [1.807, 2.05) is 0 Å². The number of aryl methyl sites for hydroxylation is 1. The van der Waals surface area contributed by atoms with Crippen LogP contribution in [0.4, 0.5) is 13.2 Å². The van der Waals surface area contributed by atoms with Gasteiger partial charge in [0.05, 0.1) is 12.2 Å². The highest BCUT2D eigenvalue weighted by molar-refractivity contribution is 5.94. The van der Waals surface area contributed by atoms with Crippen molar-refractivity contribution in [1.29, 1.82) is 0 Å². The van der Waals surface area contributed by atoms with E-state index in [0.29, 0.717) is 17.8 Å². The Hall–Kier alpha value is -2.31. The van der Waals surface area contributed by atoms with Gasteiger partial charge in [-0.2, -0.15) is 5.10 Å². The first kappa shape index (κ1) is 13.1. The number of hydrogen-bond acceptors (Lipinski definition) is 2. The molecule has 2 aromatic rings. The van der Waals surface area contributed by atoms with Crippen LogP contribution in [0.3, 0.4) is 0 Å². The van der Waals surface area contributed by atoms with Crippen LogP contribution in [0.25, 0.3) is 0 Å². The summed E-state index contributed by atoms with van der Waals surface area (Å²) in [5.41, 5.74) is 0.311. The third-order valence-corrected chi connectivity index (χ3v) is 2.44. The average molecular weight is 269 g/mol. The van der Waals surface area contributed by atoms with Crippen molar-refractivity contribution >= 4 is 5.91 Å². The van der Waals surface area contributed by atoms with E-state index in [9.17, 15) is 18.0 Å². The maximum absolute atomic E-state index is 13.0. The molecule has 1 N–H and O–H groups in total. The molecule has 0 fully saturated rings. The van der Waals surface area contributed by atoms with Crippen molar-refractivity contribution in [2.45, 2.75) is 6.54 Å². The lowest BCUT2D eigenvalue weighted by Gasteiger charge is -2.04. The third-order valence-electron chi connectivity index (χ3n) is 2.44. The lowest BCUT2D eigenvalue weighted by Crippen LogP contribution is -2.23. The molecule has 4 nitrogen and oxygen atoms in total. The normalized spacial score (nSPS) is 10.5. The summed E-state index contributed by atoms with van der Waals surface area (Å²) in [7, 11) is 1.72. The van der Waals surface area contributed by atoms with Crippen molar-refractivity contribution in [3.05, 3.63) is 53.1 Å².